The molecule has 0 fully saturated rings. The molecule has 4 aromatic carbocycles. The van der Waals surface area contributed by atoms with Crippen molar-refractivity contribution in [3.8, 4) is 11.5 Å². The van der Waals surface area contributed by atoms with Gasteiger partial charge in [0.25, 0.3) is 0 Å². The Morgan fingerprint density at radius 1 is 0.432 bits per heavy atom. The summed E-state index contributed by atoms with van der Waals surface area (Å²) in [6.07, 6.45) is 0.175. The zero-order valence-electron chi connectivity index (χ0n) is 23.7. The summed E-state index contributed by atoms with van der Waals surface area (Å²) in [6.45, 7) is 3.22. The van der Waals surface area contributed by atoms with Crippen LogP contribution in [0.1, 0.15) is 79.2 Å². The molecule has 0 unspecified atom stereocenters. The summed E-state index contributed by atoms with van der Waals surface area (Å²) in [7, 11) is 0. The summed E-state index contributed by atoms with van der Waals surface area (Å²) >= 11 is 0. The van der Waals surface area contributed by atoms with Crippen molar-refractivity contribution < 1.29 is 48.0 Å². The van der Waals surface area contributed by atoms with Crippen molar-refractivity contribution in [2.24, 2.45) is 0 Å². The van der Waals surface area contributed by atoms with E-state index in [4.69, 9.17) is 19.2 Å². The average molecular weight is 595 g/mol. The molecule has 0 aliphatic heterocycles. The summed E-state index contributed by atoms with van der Waals surface area (Å²) in [5.41, 5.74) is -0.576. The number of carbonyl (C=O) groups is 6. The van der Waals surface area contributed by atoms with E-state index in [-0.39, 0.29) is 57.7 Å². The number of carbonyl (C=O) groups excluding carboxylic acids is 6. The average Bonchev–Trinajstić information content (AvgIpc) is 3.06. The van der Waals surface area contributed by atoms with Gasteiger partial charge in [-0.15, -0.1) is 0 Å². The van der Waals surface area contributed by atoms with Crippen LogP contribution in [0.3, 0.4) is 0 Å². The third kappa shape index (κ3) is 7.11. The molecule has 0 aliphatic carbocycles. The maximum absolute atomic E-state index is 13.4. The van der Waals surface area contributed by atoms with E-state index in [9.17, 15) is 28.8 Å². The fourth-order valence-electron chi connectivity index (χ4n) is 4.05. The Hall–Kier alpha value is -5.90. The van der Waals surface area contributed by atoms with Crippen molar-refractivity contribution in [1.82, 2.24) is 0 Å². The highest BCUT2D eigenvalue weighted by Crippen LogP contribution is 2.26. The van der Waals surface area contributed by atoms with E-state index in [2.05, 4.69) is 0 Å². The number of hydrogen-bond acceptors (Lipinski definition) is 10. The molecular weight excluding hydrogens is 568 g/mol. The molecule has 4 aromatic rings. The molecule has 0 N–H and O–H groups in total. The molecule has 0 aromatic heterocycles. The second-order valence-corrected chi connectivity index (χ2v) is 9.14. The number of ketones is 2. The van der Waals surface area contributed by atoms with Crippen molar-refractivity contribution in [1.29, 1.82) is 0 Å². The van der Waals surface area contributed by atoms with Crippen molar-refractivity contribution in [3.05, 3.63) is 130 Å². The Morgan fingerprint density at radius 3 is 1.07 bits per heavy atom. The van der Waals surface area contributed by atoms with Crippen LogP contribution in [0.5, 0.6) is 11.5 Å². The van der Waals surface area contributed by atoms with Crippen LogP contribution >= 0.6 is 0 Å². The molecule has 0 saturated carbocycles. The standard InChI is InChI=1S/C34H26O10/c1-3-29(35)41-27-19-11-9-17-25(27)31(37)21-13-5-7-15-23(21)33(39)43-44-34(40)24-16-8-6-14-22(24)32(38)26-18-10-12-20-28(26)42-30(36)4-2/h5-20H,3-4H2,1-2H3. The van der Waals surface area contributed by atoms with Gasteiger partial charge in [0.05, 0.1) is 22.3 Å². The topological polar surface area (TPSA) is 139 Å². The molecule has 0 aliphatic rings. The van der Waals surface area contributed by atoms with E-state index in [0.717, 1.165) is 0 Å². The normalized spacial score (nSPS) is 10.3. The van der Waals surface area contributed by atoms with Gasteiger partial charge in [-0.05, 0) is 36.4 Å². The lowest BCUT2D eigenvalue weighted by Crippen LogP contribution is -2.18. The number of rotatable bonds is 10. The summed E-state index contributed by atoms with van der Waals surface area (Å²) in [5.74, 6) is -4.65. The smallest absolute Gasteiger partial charge is 0.387 e. The van der Waals surface area contributed by atoms with Gasteiger partial charge in [-0.3, -0.25) is 19.2 Å². The summed E-state index contributed by atoms with van der Waals surface area (Å²) in [5, 5.41) is 0. The molecule has 10 nitrogen and oxygen atoms in total. The monoisotopic (exact) mass is 594 g/mol. The second-order valence-electron chi connectivity index (χ2n) is 9.14. The molecule has 0 saturated heterocycles. The number of benzene rings is 4. The third-order valence-electron chi connectivity index (χ3n) is 6.26. The number of para-hydroxylation sites is 2. The van der Waals surface area contributed by atoms with Gasteiger partial charge in [0.2, 0.25) is 0 Å². The molecule has 0 amide bonds. The van der Waals surface area contributed by atoms with Gasteiger partial charge in [-0.2, -0.15) is 0 Å². The predicted octanol–water partition coefficient (Wildman–Crippen LogP) is 5.71. The van der Waals surface area contributed by atoms with Gasteiger partial charge < -0.3 is 9.47 Å². The van der Waals surface area contributed by atoms with Crippen LogP contribution in [0.4, 0.5) is 0 Å². The molecule has 0 bridgehead atoms. The van der Waals surface area contributed by atoms with E-state index in [0.29, 0.717) is 0 Å². The quantitative estimate of drug-likeness (QED) is 0.0737. The minimum Gasteiger partial charge on any atom is -0.426 e. The van der Waals surface area contributed by atoms with E-state index < -0.39 is 35.4 Å². The first-order chi connectivity index (χ1) is 21.2. The van der Waals surface area contributed by atoms with Crippen molar-refractivity contribution in [2.45, 2.75) is 26.7 Å². The van der Waals surface area contributed by atoms with Crippen molar-refractivity contribution in [2.75, 3.05) is 0 Å². The SMILES string of the molecule is CCC(=O)Oc1ccccc1C(=O)c1ccccc1C(=O)OOC(=O)c1ccccc1C(=O)c1ccccc1OC(=O)CC. The fourth-order valence-corrected chi connectivity index (χ4v) is 4.05. The molecule has 44 heavy (non-hydrogen) atoms. The maximum Gasteiger partial charge on any atom is 0.387 e. The molecule has 0 radical (unpaired) electrons. The molecule has 4 rings (SSSR count). The van der Waals surface area contributed by atoms with Gasteiger partial charge in [0.15, 0.2) is 11.6 Å². The van der Waals surface area contributed by atoms with Crippen LogP contribution in [-0.2, 0) is 19.4 Å². The second kappa shape index (κ2) is 14.3. The van der Waals surface area contributed by atoms with E-state index in [1.54, 1.807) is 38.1 Å². The third-order valence-corrected chi connectivity index (χ3v) is 6.26. The first-order valence-corrected chi connectivity index (χ1v) is 13.5. The number of ether oxygens (including phenoxy) is 2. The number of esters is 2. The highest BCUT2D eigenvalue weighted by Gasteiger charge is 2.26. The summed E-state index contributed by atoms with van der Waals surface area (Å²) < 4.78 is 10.5. The molecule has 0 heterocycles. The lowest BCUT2D eigenvalue weighted by molar-refractivity contribution is -0.187. The zero-order valence-corrected chi connectivity index (χ0v) is 23.7. The largest absolute Gasteiger partial charge is 0.426 e. The van der Waals surface area contributed by atoms with Crippen molar-refractivity contribution in [3.63, 3.8) is 0 Å². The van der Waals surface area contributed by atoms with Crippen LogP contribution in [0, 0.1) is 0 Å². The minimum atomic E-state index is -1.16. The first-order valence-electron chi connectivity index (χ1n) is 13.5. The highest BCUT2D eigenvalue weighted by molar-refractivity contribution is 6.17. The predicted molar refractivity (Wildman–Crippen MR) is 155 cm³/mol. The summed E-state index contributed by atoms with van der Waals surface area (Å²) in [6, 6.07) is 23.5. The van der Waals surface area contributed by atoms with E-state index in [1.807, 2.05) is 0 Å². The minimum absolute atomic E-state index is 0.0197. The molecule has 10 heteroatoms. The number of hydrogen-bond donors (Lipinski definition) is 0. The Bertz CT molecular complexity index is 1630. The molecule has 0 spiro atoms. The molecular formula is C34H26O10. The maximum atomic E-state index is 13.4. The molecule has 0 atom stereocenters. The van der Waals surface area contributed by atoms with Crippen molar-refractivity contribution >= 4 is 35.4 Å². The molecule has 222 valence electrons. The van der Waals surface area contributed by atoms with Crippen LogP contribution in [0.15, 0.2) is 97.1 Å². The summed E-state index contributed by atoms with van der Waals surface area (Å²) in [4.78, 5) is 86.2. The van der Waals surface area contributed by atoms with Gasteiger partial charge in [-0.1, -0.05) is 74.5 Å². The van der Waals surface area contributed by atoms with Gasteiger partial charge >= 0.3 is 23.9 Å². The van der Waals surface area contributed by atoms with Crippen LogP contribution in [0.25, 0.3) is 0 Å². The lowest BCUT2D eigenvalue weighted by atomic mass is 9.97. The Labute approximate surface area is 252 Å². The van der Waals surface area contributed by atoms with Gasteiger partial charge in [-0.25, -0.2) is 19.4 Å². The zero-order chi connectivity index (χ0) is 31.6. The highest BCUT2D eigenvalue weighted by atomic mass is 17.2. The van der Waals surface area contributed by atoms with Crippen LogP contribution < -0.4 is 9.47 Å². The first kappa shape index (κ1) is 31.0. The van der Waals surface area contributed by atoms with Gasteiger partial charge in [0.1, 0.15) is 11.5 Å². The van der Waals surface area contributed by atoms with Gasteiger partial charge in [0, 0.05) is 24.0 Å². The Morgan fingerprint density at radius 2 is 0.727 bits per heavy atom. The van der Waals surface area contributed by atoms with Crippen LogP contribution in [0.2, 0.25) is 0 Å². The van der Waals surface area contributed by atoms with Crippen LogP contribution in [-0.4, -0.2) is 35.4 Å². The van der Waals surface area contributed by atoms with E-state index in [1.165, 1.54) is 72.8 Å². The lowest BCUT2D eigenvalue weighted by Gasteiger charge is -2.12. The van der Waals surface area contributed by atoms with E-state index >= 15 is 0 Å². The Balaban J connectivity index is 1.55. The Kier molecular flexibility index (Phi) is 10.1. The fraction of sp³-hybridized carbons (Fsp3) is 0.118.